The fraction of sp³-hybridized carbons (Fsp3) is 0.417. The number of primary sulfonamides is 1. The Hall–Kier alpha value is -1.48. The largest absolute Gasteiger partial charge is 0.382 e. The van der Waals surface area contributed by atoms with Crippen LogP contribution in [0.2, 0.25) is 0 Å². The average Bonchev–Trinajstić information content (AvgIpc) is 2.38. The highest BCUT2D eigenvalue weighted by Gasteiger charge is 2.08. The van der Waals surface area contributed by atoms with Gasteiger partial charge in [0.25, 0.3) is 0 Å². The minimum absolute atomic E-state index is 0.00148. The van der Waals surface area contributed by atoms with Gasteiger partial charge in [0.05, 0.1) is 31.1 Å². The molecule has 0 unspecified atom stereocenters. The predicted molar refractivity (Wildman–Crippen MR) is 73.8 cm³/mol. The molecule has 0 atom stereocenters. The summed E-state index contributed by atoms with van der Waals surface area (Å²) in [5, 5.41) is 7.60. The van der Waals surface area contributed by atoms with Gasteiger partial charge in [-0.1, -0.05) is 0 Å². The Balaban J connectivity index is 2.39. The van der Waals surface area contributed by atoms with Crippen molar-refractivity contribution in [3.63, 3.8) is 0 Å². The Morgan fingerprint density at radius 1 is 1.20 bits per heavy atom. The quantitative estimate of drug-likeness (QED) is 0.673. The molecule has 0 aliphatic carbocycles. The molecule has 7 nitrogen and oxygen atoms in total. The van der Waals surface area contributed by atoms with Crippen LogP contribution in [0, 0.1) is 0 Å². The topological polar surface area (TPSA) is 108 Å². The van der Waals surface area contributed by atoms with Crippen molar-refractivity contribution in [2.45, 2.75) is 11.3 Å². The molecule has 1 amide bonds. The van der Waals surface area contributed by atoms with E-state index in [0.29, 0.717) is 25.5 Å². The lowest BCUT2D eigenvalue weighted by Crippen LogP contribution is -2.15. The van der Waals surface area contributed by atoms with Crippen molar-refractivity contribution in [1.29, 1.82) is 0 Å². The second-order valence-electron chi connectivity index (χ2n) is 3.97. The van der Waals surface area contributed by atoms with Crippen LogP contribution in [0.5, 0.6) is 0 Å². The highest BCUT2D eigenvalue weighted by molar-refractivity contribution is 7.89. The zero-order chi connectivity index (χ0) is 15.0. The first-order valence-electron chi connectivity index (χ1n) is 5.93. The maximum absolute atomic E-state index is 11.6. The zero-order valence-corrected chi connectivity index (χ0v) is 12.0. The Morgan fingerprint density at radius 3 is 2.40 bits per heavy atom. The molecule has 0 heterocycles. The lowest BCUT2D eigenvalue weighted by Gasteiger charge is -2.06. The number of nitrogens with two attached hydrogens (primary N) is 1. The number of hydrogen-bond acceptors (Lipinski definition) is 5. The van der Waals surface area contributed by atoms with Crippen LogP contribution in [-0.4, -0.2) is 41.3 Å². The van der Waals surface area contributed by atoms with Crippen molar-refractivity contribution >= 4 is 21.6 Å². The van der Waals surface area contributed by atoms with Crippen molar-refractivity contribution in [3.05, 3.63) is 24.3 Å². The number of ether oxygens (including phenoxy) is 2. The summed E-state index contributed by atoms with van der Waals surface area (Å²) in [6.07, 6.45) is 0.209. The molecule has 0 radical (unpaired) electrons. The highest BCUT2D eigenvalue weighted by atomic mass is 32.2. The van der Waals surface area contributed by atoms with E-state index in [0.717, 1.165) is 0 Å². The molecular formula is C12H18N2O5S. The fourth-order valence-electron chi connectivity index (χ4n) is 1.36. The summed E-state index contributed by atoms with van der Waals surface area (Å²) in [7, 11) is -2.14. The second kappa shape index (κ2) is 7.95. The Kier molecular flexibility index (Phi) is 6.59. The number of amides is 1. The normalized spacial score (nSPS) is 11.3. The van der Waals surface area contributed by atoms with Crippen molar-refractivity contribution < 1.29 is 22.7 Å². The van der Waals surface area contributed by atoms with Gasteiger partial charge in [0, 0.05) is 12.8 Å². The van der Waals surface area contributed by atoms with Crippen molar-refractivity contribution in [2.24, 2.45) is 5.14 Å². The molecule has 0 saturated heterocycles. The summed E-state index contributed by atoms with van der Waals surface area (Å²) in [6.45, 7) is 1.22. The van der Waals surface area contributed by atoms with Crippen LogP contribution in [-0.2, 0) is 24.3 Å². The zero-order valence-electron chi connectivity index (χ0n) is 11.2. The summed E-state index contributed by atoms with van der Waals surface area (Å²) in [4.78, 5) is 11.6. The van der Waals surface area contributed by atoms with Gasteiger partial charge < -0.3 is 14.8 Å². The number of carbonyl (C=O) groups is 1. The Morgan fingerprint density at radius 2 is 1.85 bits per heavy atom. The van der Waals surface area contributed by atoms with Crippen LogP contribution in [0.15, 0.2) is 29.2 Å². The predicted octanol–water partition coefficient (Wildman–Crippen LogP) is 0.326. The molecule has 1 aromatic carbocycles. The molecule has 0 aromatic heterocycles. The van der Waals surface area contributed by atoms with Gasteiger partial charge in [-0.2, -0.15) is 0 Å². The van der Waals surface area contributed by atoms with Gasteiger partial charge in [0.15, 0.2) is 0 Å². The second-order valence-corrected chi connectivity index (χ2v) is 5.53. The number of nitrogens with one attached hydrogen (secondary N) is 1. The third kappa shape index (κ3) is 6.11. The van der Waals surface area contributed by atoms with E-state index in [2.05, 4.69) is 5.32 Å². The van der Waals surface area contributed by atoms with Gasteiger partial charge in [0.1, 0.15) is 0 Å². The number of benzene rings is 1. The van der Waals surface area contributed by atoms with Crippen LogP contribution >= 0.6 is 0 Å². The molecule has 0 aliphatic rings. The molecule has 3 N–H and O–H groups in total. The molecule has 0 bridgehead atoms. The molecule has 0 spiro atoms. The Bertz CT molecular complexity index is 527. The van der Waals surface area contributed by atoms with E-state index in [9.17, 15) is 13.2 Å². The maximum atomic E-state index is 11.6. The van der Waals surface area contributed by atoms with Crippen LogP contribution in [0.1, 0.15) is 6.42 Å². The van der Waals surface area contributed by atoms with Crippen LogP contribution in [0.3, 0.4) is 0 Å². The monoisotopic (exact) mass is 302 g/mol. The molecule has 0 aliphatic heterocycles. The van der Waals surface area contributed by atoms with Crippen LogP contribution < -0.4 is 10.5 Å². The van der Waals surface area contributed by atoms with Crippen molar-refractivity contribution in [2.75, 3.05) is 32.2 Å². The molecule has 1 rings (SSSR count). The SMILES string of the molecule is COCCOCCC(=O)Nc1ccc(S(N)(=O)=O)cc1. The first-order chi connectivity index (χ1) is 9.43. The number of sulfonamides is 1. The van der Waals surface area contributed by atoms with Crippen molar-refractivity contribution in [1.82, 2.24) is 0 Å². The van der Waals surface area contributed by atoms with E-state index in [4.69, 9.17) is 14.6 Å². The van der Waals surface area contributed by atoms with E-state index in [1.165, 1.54) is 24.3 Å². The van der Waals surface area contributed by atoms with E-state index in [1.54, 1.807) is 7.11 Å². The number of rotatable bonds is 8. The summed E-state index contributed by atoms with van der Waals surface area (Å²) in [5.41, 5.74) is 0.499. The molecule has 8 heteroatoms. The molecule has 20 heavy (non-hydrogen) atoms. The van der Waals surface area contributed by atoms with Gasteiger partial charge in [-0.25, -0.2) is 13.6 Å². The summed E-state index contributed by atoms with van der Waals surface area (Å²) in [5.74, 6) is -0.217. The summed E-state index contributed by atoms with van der Waals surface area (Å²) < 4.78 is 32.1. The summed E-state index contributed by atoms with van der Waals surface area (Å²) >= 11 is 0. The number of anilines is 1. The number of hydrogen-bond donors (Lipinski definition) is 2. The van der Waals surface area contributed by atoms with Gasteiger partial charge in [-0.3, -0.25) is 4.79 Å². The number of carbonyl (C=O) groups excluding carboxylic acids is 1. The Labute approximate surface area is 118 Å². The minimum Gasteiger partial charge on any atom is -0.382 e. The van der Waals surface area contributed by atoms with Gasteiger partial charge in [-0.15, -0.1) is 0 Å². The van der Waals surface area contributed by atoms with Crippen molar-refractivity contribution in [3.8, 4) is 0 Å². The lowest BCUT2D eigenvalue weighted by molar-refractivity contribution is -0.117. The molecular weight excluding hydrogens is 284 g/mol. The van der Waals surface area contributed by atoms with E-state index >= 15 is 0 Å². The van der Waals surface area contributed by atoms with Gasteiger partial charge in [-0.05, 0) is 24.3 Å². The summed E-state index contributed by atoms with van der Waals surface area (Å²) in [6, 6.07) is 5.62. The smallest absolute Gasteiger partial charge is 0.238 e. The van der Waals surface area contributed by atoms with E-state index in [-0.39, 0.29) is 17.2 Å². The minimum atomic E-state index is -3.72. The van der Waals surface area contributed by atoms with E-state index < -0.39 is 10.0 Å². The number of methoxy groups -OCH3 is 1. The first-order valence-corrected chi connectivity index (χ1v) is 7.47. The molecule has 112 valence electrons. The van der Waals surface area contributed by atoms with E-state index in [1.807, 2.05) is 0 Å². The van der Waals surface area contributed by atoms with Gasteiger partial charge in [0.2, 0.25) is 15.9 Å². The third-order valence-electron chi connectivity index (χ3n) is 2.37. The first kappa shape index (κ1) is 16.6. The van der Waals surface area contributed by atoms with Gasteiger partial charge >= 0.3 is 0 Å². The molecule has 1 aromatic rings. The molecule has 0 saturated carbocycles. The molecule has 0 fully saturated rings. The average molecular weight is 302 g/mol. The standard InChI is InChI=1S/C12H18N2O5S/c1-18-8-9-19-7-6-12(15)14-10-2-4-11(5-3-10)20(13,16)17/h2-5H,6-9H2,1H3,(H,14,15)(H2,13,16,17). The third-order valence-corrected chi connectivity index (χ3v) is 3.30. The van der Waals surface area contributed by atoms with Crippen LogP contribution in [0.25, 0.3) is 0 Å². The maximum Gasteiger partial charge on any atom is 0.238 e. The lowest BCUT2D eigenvalue weighted by atomic mass is 10.3. The fourth-order valence-corrected chi connectivity index (χ4v) is 1.88. The highest BCUT2D eigenvalue weighted by Crippen LogP contribution is 2.12. The van der Waals surface area contributed by atoms with Crippen LogP contribution in [0.4, 0.5) is 5.69 Å².